The van der Waals surface area contributed by atoms with Gasteiger partial charge in [0.1, 0.15) is 5.75 Å². The summed E-state index contributed by atoms with van der Waals surface area (Å²) in [6.45, 7) is 4.38. The number of aryl methyl sites for hydroxylation is 1. The van der Waals surface area contributed by atoms with Crippen molar-refractivity contribution in [1.29, 1.82) is 0 Å². The van der Waals surface area contributed by atoms with E-state index in [9.17, 15) is 22.8 Å². The van der Waals surface area contributed by atoms with Gasteiger partial charge in [0.25, 0.3) is 0 Å². The Kier molecular flexibility index (Phi) is 8.43. The molecule has 1 aromatic heterocycles. The van der Waals surface area contributed by atoms with E-state index in [1.54, 1.807) is 23.5 Å². The van der Waals surface area contributed by atoms with E-state index in [0.717, 1.165) is 0 Å². The maximum absolute atomic E-state index is 12.9. The fourth-order valence-corrected chi connectivity index (χ4v) is 3.59. The normalized spacial score (nSPS) is 17.1. The number of carbonyl (C=O) groups is 2. The first-order chi connectivity index (χ1) is 16.1. The molecule has 3 rings (SSSR count). The van der Waals surface area contributed by atoms with E-state index in [-0.39, 0.29) is 49.7 Å². The highest BCUT2D eigenvalue weighted by molar-refractivity contribution is 5.85. The van der Waals surface area contributed by atoms with Crippen molar-refractivity contribution in [2.45, 2.75) is 51.8 Å². The third-order valence-corrected chi connectivity index (χ3v) is 5.30. The lowest BCUT2D eigenvalue weighted by atomic mass is 10.2. The van der Waals surface area contributed by atoms with Crippen LogP contribution in [0.15, 0.2) is 42.9 Å². The number of rotatable bonds is 8. The van der Waals surface area contributed by atoms with Crippen LogP contribution in [0.25, 0.3) is 0 Å². The summed E-state index contributed by atoms with van der Waals surface area (Å²) in [7, 11) is 0. The first-order valence-electron chi connectivity index (χ1n) is 10.9. The third-order valence-electron chi connectivity index (χ3n) is 5.30. The number of ether oxygens (including phenoxy) is 2. The molecule has 0 aliphatic carbocycles. The number of nitrogens with zero attached hydrogens (tertiary/aromatic N) is 4. The molecular weight excluding hydrogens is 453 g/mol. The summed E-state index contributed by atoms with van der Waals surface area (Å²) >= 11 is 0. The summed E-state index contributed by atoms with van der Waals surface area (Å²) in [6, 6.07) is 5.31. The van der Waals surface area contributed by atoms with E-state index in [1.165, 1.54) is 29.2 Å². The van der Waals surface area contributed by atoms with E-state index >= 15 is 0 Å². The number of carbonyl (C=O) groups excluding carboxylic acids is 2. The standard InChI is InChI=1S/C23H27F3N4O4/c1-16(2)30-13-20(33-15-17-3-6-19(7-4-17)34-23(24,25)26)12-29(14-22(30)32)21(31)8-5-18-11-27-9-10-28-18/h3-4,6-7,9-11,16,20H,5,8,12-15H2,1-2H3. The van der Waals surface area contributed by atoms with Crippen LogP contribution >= 0.6 is 0 Å². The molecule has 1 aliphatic rings. The molecule has 1 aromatic carbocycles. The van der Waals surface area contributed by atoms with Gasteiger partial charge in [-0.1, -0.05) is 12.1 Å². The van der Waals surface area contributed by atoms with Crippen molar-refractivity contribution in [3.8, 4) is 5.75 Å². The first-order valence-corrected chi connectivity index (χ1v) is 10.9. The van der Waals surface area contributed by atoms with Crippen LogP contribution in [-0.2, 0) is 27.4 Å². The molecule has 0 bridgehead atoms. The van der Waals surface area contributed by atoms with Crippen LogP contribution < -0.4 is 4.74 Å². The third kappa shape index (κ3) is 7.68. The van der Waals surface area contributed by atoms with E-state index in [0.29, 0.717) is 24.2 Å². The van der Waals surface area contributed by atoms with Gasteiger partial charge in [0.2, 0.25) is 11.8 Å². The highest BCUT2D eigenvalue weighted by atomic mass is 19.4. The Morgan fingerprint density at radius 3 is 2.53 bits per heavy atom. The summed E-state index contributed by atoms with van der Waals surface area (Å²) in [5.74, 6) is -0.670. The van der Waals surface area contributed by atoms with Crippen LogP contribution in [-0.4, -0.2) is 69.7 Å². The molecule has 1 saturated heterocycles. The topological polar surface area (TPSA) is 84.9 Å². The number of hydrogen-bond acceptors (Lipinski definition) is 6. The molecular formula is C23H27F3N4O4. The summed E-state index contributed by atoms with van der Waals surface area (Å²) in [6.07, 6.45) is 0.0801. The maximum atomic E-state index is 12.9. The van der Waals surface area contributed by atoms with Crippen molar-refractivity contribution >= 4 is 11.8 Å². The van der Waals surface area contributed by atoms with Gasteiger partial charge < -0.3 is 19.3 Å². The van der Waals surface area contributed by atoms with Crippen molar-refractivity contribution in [3.05, 3.63) is 54.1 Å². The van der Waals surface area contributed by atoms with Crippen molar-refractivity contribution in [3.63, 3.8) is 0 Å². The Labute approximate surface area is 195 Å². The summed E-state index contributed by atoms with van der Waals surface area (Å²) in [5.41, 5.74) is 1.33. The van der Waals surface area contributed by atoms with E-state index in [1.807, 2.05) is 13.8 Å². The van der Waals surface area contributed by atoms with Crippen LogP contribution in [0.2, 0.25) is 0 Å². The van der Waals surface area contributed by atoms with Crippen molar-refractivity contribution in [2.75, 3.05) is 19.6 Å². The van der Waals surface area contributed by atoms with Gasteiger partial charge in [-0.05, 0) is 38.0 Å². The Morgan fingerprint density at radius 1 is 1.18 bits per heavy atom. The minimum Gasteiger partial charge on any atom is -0.406 e. The lowest BCUT2D eigenvalue weighted by Crippen LogP contribution is -2.42. The zero-order valence-corrected chi connectivity index (χ0v) is 19.0. The molecule has 2 amide bonds. The molecule has 8 nitrogen and oxygen atoms in total. The summed E-state index contributed by atoms with van der Waals surface area (Å²) < 4.78 is 46.9. The van der Waals surface area contributed by atoms with Crippen molar-refractivity contribution < 1.29 is 32.2 Å². The quantitative estimate of drug-likeness (QED) is 0.578. The highest BCUT2D eigenvalue weighted by Crippen LogP contribution is 2.23. The smallest absolute Gasteiger partial charge is 0.406 e. The minimum atomic E-state index is -4.76. The van der Waals surface area contributed by atoms with Crippen LogP contribution in [0.5, 0.6) is 5.75 Å². The molecule has 1 fully saturated rings. The molecule has 1 unspecified atom stereocenters. The number of halogens is 3. The molecule has 0 spiro atoms. The minimum absolute atomic E-state index is 0.0409. The molecule has 11 heteroatoms. The monoisotopic (exact) mass is 480 g/mol. The lowest BCUT2D eigenvalue weighted by Gasteiger charge is -2.27. The first kappa shape index (κ1) is 25.4. The van der Waals surface area contributed by atoms with Crippen LogP contribution in [0, 0.1) is 0 Å². The molecule has 0 radical (unpaired) electrons. The Morgan fingerprint density at radius 2 is 1.91 bits per heavy atom. The van der Waals surface area contributed by atoms with Gasteiger partial charge in [-0.15, -0.1) is 13.2 Å². The highest BCUT2D eigenvalue weighted by Gasteiger charge is 2.32. The van der Waals surface area contributed by atoms with E-state index in [4.69, 9.17) is 4.74 Å². The summed E-state index contributed by atoms with van der Waals surface area (Å²) in [5, 5.41) is 0. The van der Waals surface area contributed by atoms with Crippen molar-refractivity contribution in [2.24, 2.45) is 0 Å². The number of hydrogen-bond donors (Lipinski definition) is 0. The average Bonchev–Trinajstić information content (AvgIpc) is 2.95. The molecule has 0 saturated carbocycles. The maximum Gasteiger partial charge on any atom is 0.573 e. The Bertz CT molecular complexity index is 955. The molecule has 2 aromatic rings. The lowest BCUT2D eigenvalue weighted by molar-refractivity contribution is -0.274. The molecule has 1 atom stereocenters. The second-order valence-electron chi connectivity index (χ2n) is 8.24. The van der Waals surface area contributed by atoms with E-state index in [2.05, 4.69) is 14.7 Å². The molecule has 184 valence electrons. The Balaban J connectivity index is 1.63. The molecule has 1 aliphatic heterocycles. The number of alkyl halides is 3. The van der Waals surface area contributed by atoms with Crippen LogP contribution in [0.3, 0.4) is 0 Å². The fraction of sp³-hybridized carbons (Fsp3) is 0.478. The van der Waals surface area contributed by atoms with Gasteiger partial charge in [-0.3, -0.25) is 19.6 Å². The zero-order chi connectivity index (χ0) is 24.7. The summed E-state index contributed by atoms with van der Waals surface area (Å²) in [4.78, 5) is 36.9. The predicted octanol–water partition coefficient (Wildman–Crippen LogP) is 2.97. The van der Waals surface area contributed by atoms with Crippen molar-refractivity contribution in [1.82, 2.24) is 19.8 Å². The van der Waals surface area contributed by atoms with Crippen LogP contribution in [0.4, 0.5) is 13.2 Å². The fourth-order valence-electron chi connectivity index (χ4n) is 3.59. The number of benzene rings is 1. The SMILES string of the molecule is CC(C)N1CC(OCc2ccc(OC(F)(F)F)cc2)CN(C(=O)CCc2cnccn2)CC1=O. The molecule has 34 heavy (non-hydrogen) atoms. The number of aromatic nitrogens is 2. The van der Waals surface area contributed by atoms with Gasteiger partial charge in [0.15, 0.2) is 0 Å². The average molecular weight is 480 g/mol. The number of amides is 2. The second kappa shape index (κ2) is 11.3. The second-order valence-corrected chi connectivity index (χ2v) is 8.24. The van der Waals surface area contributed by atoms with Gasteiger partial charge in [0.05, 0.1) is 24.9 Å². The van der Waals surface area contributed by atoms with Gasteiger partial charge in [-0.25, -0.2) is 0 Å². The predicted molar refractivity (Wildman–Crippen MR) is 115 cm³/mol. The zero-order valence-electron chi connectivity index (χ0n) is 19.0. The van der Waals surface area contributed by atoms with Gasteiger partial charge in [-0.2, -0.15) is 0 Å². The van der Waals surface area contributed by atoms with Gasteiger partial charge in [0, 0.05) is 44.1 Å². The van der Waals surface area contributed by atoms with Gasteiger partial charge >= 0.3 is 6.36 Å². The molecule has 0 N–H and O–H groups in total. The largest absolute Gasteiger partial charge is 0.573 e. The molecule has 2 heterocycles. The van der Waals surface area contributed by atoms with E-state index < -0.39 is 12.5 Å². The van der Waals surface area contributed by atoms with Crippen LogP contribution in [0.1, 0.15) is 31.5 Å². The Hall–Kier alpha value is -3.21.